The van der Waals surface area contributed by atoms with Crippen molar-refractivity contribution in [3.05, 3.63) is 11.6 Å². The second-order valence-electron chi connectivity index (χ2n) is 23.3. The summed E-state index contributed by atoms with van der Waals surface area (Å²) in [5.41, 5.74) is -1.10. The third-order valence-corrected chi connectivity index (χ3v) is 19.4. The van der Waals surface area contributed by atoms with Gasteiger partial charge in [-0.25, -0.2) is 4.79 Å². The van der Waals surface area contributed by atoms with Gasteiger partial charge in [-0.3, -0.25) is 4.79 Å². The van der Waals surface area contributed by atoms with Crippen molar-refractivity contribution in [2.24, 2.45) is 50.2 Å². The quantitative estimate of drug-likeness (QED) is 0.107. The van der Waals surface area contributed by atoms with Crippen LogP contribution in [-0.2, 0) is 38.0 Å². The Bertz CT molecular complexity index is 1880. The summed E-state index contributed by atoms with van der Waals surface area (Å²) in [6, 6.07) is 0. The van der Waals surface area contributed by atoms with Crippen molar-refractivity contribution >= 4 is 11.9 Å². The highest BCUT2D eigenvalue weighted by molar-refractivity contribution is 5.76. The van der Waals surface area contributed by atoms with Crippen LogP contribution in [-0.4, -0.2) is 180 Å². The molecule has 19 nitrogen and oxygen atoms in total. The zero-order valence-electron chi connectivity index (χ0n) is 39.7. The molecule has 0 unspecified atom stereocenters. The van der Waals surface area contributed by atoms with E-state index in [2.05, 4.69) is 40.7 Å². The van der Waals surface area contributed by atoms with Gasteiger partial charge in [0.2, 0.25) is 0 Å². The normalized spacial score (nSPS) is 54.1. The van der Waals surface area contributed by atoms with Gasteiger partial charge in [0.1, 0.15) is 61.0 Å². The van der Waals surface area contributed by atoms with E-state index in [4.69, 9.17) is 28.4 Å². The Morgan fingerprint density at radius 1 is 0.672 bits per heavy atom. The summed E-state index contributed by atoms with van der Waals surface area (Å²) >= 11 is 0. The summed E-state index contributed by atoms with van der Waals surface area (Å²) in [5.74, 6) is -2.28. The first-order chi connectivity index (χ1) is 31.2. The largest absolute Gasteiger partial charge is 0.481 e. The number of allylic oxidation sites excluding steroid dienone is 2. The van der Waals surface area contributed by atoms with Crippen molar-refractivity contribution in [3.8, 4) is 0 Å². The van der Waals surface area contributed by atoms with Crippen LogP contribution in [0.3, 0.4) is 0 Å². The van der Waals surface area contributed by atoms with Gasteiger partial charge in [0.05, 0.1) is 30.8 Å². The van der Waals surface area contributed by atoms with E-state index in [1.165, 1.54) is 12.5 Å². The molecule has 0 aromatic rings. The molecular weight excluding hydrogens is 881 g/mol. The highest BCUT2D eigenvalue weighted by Gasteiger charge is 2.70. The Morgan fingerprint density at radius 3 is 1.90 bits per heavy atom. The fraction of sp³-hybridized carbons (Fsp3) is 0.917. The number of aliphatic carboxylic acids is 2. The van der Waals surface area contributed by atoms with Crippen LogP contribution in [0.25, 0.3) is 0 Å². The number of hydrogen-bond donors (Lipinski definition) is 11. The van der Waals surface area contributed by atoms with Crippen molar-refractivity contribution < 1.29 is 94.2 Å². The van der Waals surface area contributed by atoms with E-state index < -0.39 is 128 Å². The number of carbonyl (C=O) groups is 2. The molecule has 24 atom stereocenters. The second-order valence-corrected chi connectivity index (χ2v) is 23.3. The lowest BCUT2D eigenvalue weighted by Crippen LogP contribution is -2.68. The molecule has 0 aromatic carbocycles. The van der Waals surface area contributed by atoms with Gasteiger partial charge in [0.25, 0.3) is 0 Å². The molecule has 8 aliphatic rings. The molecular formula is C48H76O19. The Balaban J connectivity index is 1.02. The van der Waals surface area contributed by atoms with Crippen LogP contribution in [0.2, 0.25) is 0 Å². The predicted molar refractivity (Wildman–Crippen MR) is 231 cm³/mol. The van der Waals surface area contributed by atoms with Gasteiger partial charge in [-0.2, -0.15) is 0 Å². The first kappa shape index (κ1) is 51.4. The van der Waals surface area contributed by atoms with Gasteiger partial charge >= 0.3 is 11.9 Å². The van der Waals surface area contributed by atoms with Gasteiger partial charge < -0.3 is 84.6 Å². The minimum atomic E-state index is -2.08. The standard InChI is InChI=1S/C48H76O19/c1-21-28(51)30(53)31(54)39(62-21)65-35-29(52)24(19-49)63-40(33(35)56)66-36-32(55)37(38(58)59)67-41(34(36)57)64-27-11-12-44(4)25(45(27,5)20-50)10-13-47(7)26(44)9-8-22-23-18-43(2,3)14-16-48(23,42(60)61)17-15-46(22,47)6/h8,21,23-37,39-41,49-57H,9-20H2,1-7H3,(H,58,59)(H,60,61)/t21-,23-,24+,25+,26+,27-,28-,29-,30+,31+,32-,33+,34+,35-,36-,37-,39-,40-,41+,44-,45-,46+,47+,48+/m0/s1. The van der Waals surface area contributed by atoms with Gasteiger partial charge in [-0.1, -0.05) is 53.2 Å². The summed E-state index contributed by atoms with van der Waals surface area (Å²) in [6.45, 7) is 13.7. The molecule has 19 heteroatoms. The van der Waals surface area contributed by atoms with Crippen molar-refractivity contribution in [2.75, 3.05) is 13.2 Å². The second kappa shape index (κ2) is 18.0. The van der Waals surface area contributed by atoms with E-state index in [1.807, 2.05) is 6.92 Å². The highest BCUT2D eigenvalue weighted by Crippen LogP contribution is 2.76. The number of carboxylic acid groups (broad SMARTS) is 2. The van der Waals surface area contributed by atoms with E-state index >= 15 is 0 Å². The summed E-state index contributed by atoms with van der Waals surface area (Å²) < 4.78 is 35.1. The molecule has 5 aliphatic carbocycles. The molecule has 382 valence electrons. The van der Waals surface area contributed by atoms with Crippen LogP contribution in [0.5, 0.6) is 0 Å². The van der Waals surface area contributed by atoms with E-state index in [9.17, 15) is 65.8 Å². The van der Waals surface area contributed by atoms with E-state index in [0.29, 0.717) is 25.7 Å². The minimum Gasteiger partial charge on any atom is -0.481 e. The van der Waals surface area contributed by atoms with Crippen LogP contribution in [0.15, 0.2) is 11.6 Å². The Labute approximate surface area is 391 Å². The zero-order chi connectivity index (χ0) is 49.1. The Kier molecular flexibility index (Phi) is 13.8. The lowest BCUT2D eigenvalue weighted by molar-refractivity contribution is -0.382. The molecule has 3 aliphatic heterocycles. The van der Waals surface area contributed by atoms with Gasteiger partial charge in [0.15, 0.2) is 25.0 Å². The zero-order valence-corrected chi connectivity index (χ0v) is 39.7. The predicted octanol–water partition coefficient (Wildman–Crippen LogP) is 0.799. The van der Waals surface area contributed by atoms with Gasteiger partial charge in [-0.05, 0) is 111 Å². The van der Waals surface area contributed by atoms with Crippen LogP contribution in [0.4, 0.5) is 0 Å². The van der Waals surface area contributed by atoms with E-state index in [-0.39, 0.29) is 46.0 Å². The van der Waals surface area contributed by atoms with Crippen LogP contribution in [0, 0.1) is 50.2 Å². The van der Waals surface area contributed by atoms with Crippen molar-refractivity contribution in [1.29, 1.82) is 0 Å². The van der Waals surface area contributed by atoms with Crippen LogP contribution >= 0.6 is 0 Å². The average Bonchev–Trinajstić information content (AvgIpc) is 3.27. The monoisotopic (exact) mass is 956 g/mol. The molecule has 0 amide bonds. The Morgan fingerprint density at radius 2 is 1.28 bits per heavy atom. The molecule has 3 saturated heterocycles. The van der Waals surface area contributed by atoms with Crippen molar-refractivity contribution in [2.45, 2.75) is 211 Å². The van der Waals surface area contributed by atoms with Gasteiger partial charge in [-0.15, -0.1) is 0 Å². The lowest BCUT2D eigenvalue weighted by atomic mass is 9.33. The molecule has 0 spiro atoms. The maximum absolute atomic E-state index is 13.1. The van der Waals surface area contributed by atoms with Gasteiger partial charge in [0, 0.05) is 5.41 Å². The molecule has 0 radical (unpaired) electrons. The maximum Gasteiger partial charge on any atom is 0.335 e. The first-order valence-electron chi connectivity index (χ1n) is 24.3. The number of ether oxygens (including phenoxy) is 6. The van der Waals surface area contributed by atoms with Crippen LogP contribution < -0.4 is 0 Å². The minimum absolute atomic E-state index is 0.0259. The topological polar surface area (TPSA) is 312 Å². The lowest BCUT2D eigenvalue weighted by Gasteiger charge is -2.71. The number of hydrogen-bond acceptors (Lipinski definition) is 17. The molecule has 7 fully saturated rings. The smallest absolute Gasteiger partial charge is 0.335 e. The molecule has 11 N–H and O–H groups in total. The SMILES string of the molecule is C[C@@H]1O[C@@H](O[C@H]2[C@@H](O)[C@@H](CO)O[C@@H](O[C@@H]3[C@@H](O)[C@H](O[C@H]4CC[C@@]5(C)[C@@H](CC[C@]6(C)[C@@H]5CC=C5[C@@H]7CC(C)(C)CC[C@@]7(C(=O)O)CC[C@]56C)[C@]4(C)CO)O[C@H](C(=O)O)[C@H]3O)[C@@H]2O)[C@H](O)[C@H](O)[C@H]1O. The summed E-state index contributed by atoms with van der Waals surface area (Å²) in [7, 11) is 0. The highest BCUT2D eigenvalue weighted by atomic mass is 16.8. The van der Waals surface area contributed by atoms with E-state index in [0.717, 1.165) is 38.5 Å². The summed E-state index contributed by atoms with van der Waals surface area (Å²) in [6.07, 6.45) is -17.7. The molecule has 0 bridgehead atoms. The fourth-order valence-corrected chi connectivity index (χ4v) is 15.1. The number of fused-ring (bicyclic) bond motifs is 7. The summed E-state index contributed by atoms with van der Waals surface area (Å²) in [4.78, 5) is 25.7. The number of rotatable bonds is 10. The summed E-state index contributed by atoms with van der Waals surface area (Å²) in [5, 5.41) is 119. The third-order valence-electron chi connectivity index (χ3n) is 19.4. The van der Waals surface area contributed by atoms with Crippen LogP contribution in [0.1, 0.15) is 113 Å². The first-order valence-corrected chi connectivity index (χ1v) is 24.3. The molecule has 3 heterocycles. The molecule has 8 rings (SSSR count). The average molecular weight is 957 g/mol. The third kappa shape index (κ3) is 7.97. The fourth-order valence-electron chi connectivity index (χ4n) is 15.1. The maximum atomic E-state index is 13.1. The van der Waals surface area contributed by atoms with E-state index in [1.54, 1.807) is 0 Å². The molecule has 0 aromatic heterocycles. The van der Waals surface area contributed by atoms with Crippen molar-refractivity contribution in [3.63, 3.8) is 0 Å². The molecule has 4 saturated carbocycles. The number of aliphatic hydroxyl groups is 9. The number of aliphatic hydroxyl groups excluding tert-OH is 9. The Hall–Kier alpha value is -1.92. The number of carboxylic acids is 2. The molecule has 67 heavy (non-hydrogen) atoms. The van der Waals surface area contributed by atoms with Crippen molar-refractivity contribution in [1.82, 2.24) is 0 Å².